The Balaban J connectivity index is 1.85. The number of aromatic nitrogens is 2. The molecule has 1 aromatic heterocycles. The van der Waals surface area contributed by atoms with Crippen LogP contribution in [-0.4, -0.2) is 32.8 Å². The Morgan fingerprint density at radius 1 is 1.16 bits per heavy atom. The van der Waals surface area contributed by atoms with Gasteiger partial charge in [0.2, 0.25) is 0 Å². The molecule has 0 radical (unpaired) electrons. The largest absolute Gasteiger partial charge is 0.573 e. The number of rotatable bonds is 6. The van der Waals surface area contributed by atoms with Gasteiger partial charge in [0.15, 0.2) is 0 Å². The Bertz CT molecular complexity index is 1060. The summed E-state index contributed by atoms with van der Waals surface area (Å²) in [6.45, 7) is 3.95. The van der Waals surface area contributed by atoms with Crippen molar-refractivity contribution in [1.29, 1.82) is 0 Å². The van der Waals surface area contributed by atoms with Crippen molar-refractivity contribution in [3.63, 3.8) is 0 Å². The molecule has 1 amide bonds. The van der Waals surface area contributed by atoms with E-state index in [1.54, 1.807) is 34.8 Å². The molecule has 164 valence electrons. The summed E-state index contributed by atoms with van der Waals surface area (Å²) in [5, 5.41) is 0. The summed E-state index contributed by atoms with van der Waals surface area (Å²) >= 11 is 0. The van der Waals surface area contributed by atoms with Gasteiger partial charge in [-0.3, -0.25) is 4.79 Å². The average molecular weight is 435 g/mol. The first kappa shape index (κ1) is 22.3. The lowest BCUT2D eigenvalue weighted by atomic mass is 10.0. The summed E-state index contributed by atoms with van der Waals surface area (Å²) in [6.07, 6.45) is -1.64. The summed E-state index contributed by atoms with van der Waals surface area (Å²) in [5.41, 5.74) is 1.58. The summed E-state index contributed by atoms with van der Waals surface area (Å²) in [4.78, 5) is 18.6. The van der Waals surface area contributed by atoms with Crippen LogP contribution in [0.1, 0.15) is 29.9 Å². The Labute approximate surface area is 176 Å². The van der Waals surface area contributed by atoms with E-state index < -0.39 is 12.2 Å². The second-order valence-electron chi connectivity index (χ2n) is 7.34. The molecule has 2 aromatic carbocycles. The third kappa shape index (κ3) is 5.62. The number of alkyl halides is 3. The molecule has 0 aliphatic heterocycles. The van der Waals surface area contributed by atoms with Crippen molar-refractivity contribution in [3.05, 3.63) is 72.1 Å². The molecule has 0 N–H and O–H groups in total. The number of nitrogens with zero attached hydrogens (tertiary/aromatic N) is 3. The van der Waals surface area contributed by atoms with E-state index in [0.29, 0.717) is 16.8 Å². The Kier molecular flexibility index (Phi) is 6.33. The van der Waals surface area contributed by atoms with Crippen LogP contribution in [0.5, 0.6) is 5.75 Å². The quantitative estimate of drug-likeness (QED) is 0.502. The van der Waals surface area contributed by atoms with Crippen molar-refractivity contribution in [2.45, 2.75) is 32.8 Å². The molecule has 3 aromatic rings. The minimum Gasteiger partial charge on any atom is -0.406 e. The molecule has 0 aliphatic carbocycles. The highest BCUT2D eigenvalue weighted by molar-refractivity contribution is 5.92. The molecule has 31 heavy (non-hydrogen) atoms. The topological polar surface area (TPSA) is 47.4 Å². The zero-order valence-corrected chi connectivity index (χ0v) is 17.2. The molecule has 0 fully saturated rings. The molecule has 0 saturated heterocycles. The first-order valence-electron chi connectivity index (χ1n) is 9.47. The van der Waals surface area contributed by atoms with Gasteiger partial charge in [0.1, 0.15) is 17.3 Å². The van der Waals surface area contributed by atoms with E-state index in [4.69, 9.17) is 0 Å². The smallest absolute Gasteiger partial charge is 0.406 e. The number of benzene rings is 2. The summed E-state index contributed by atoms with van der Waals surface area (Å²) in [5.74, 6) is -1.17. The molecule has 5 nitrogen and oxygen atoms in total. The lowest BCUT2D eigenvalue weighted by molar-refractivity contribution is -0.274. The standard InChI is InChI=1S/C22H21F4N3O2/c1-14(2)29(21(30)20-12-28(3)13-27-20)11-15-4-9-19(23)18(10-15)16-5-7-17(8-6-16)31-22(24,25)26/h4-10,12-14H,11H2,1-3H3. The third-order valence-electron chi connectivity index (χ3n) is 4.59. The number of hydrogen-bond acceptors (Lipinski definition) is 3. The van der Waals surface area contributed by atoms with Crippen LogP contribution in [0.4, 0.5) is 17.6 Å². The molecule has 0 atom stereocenters. The van der Waals surface area contributed by atoms with Crippen LogP contribution in [-0.2, 0) is 13.6 Å². The van der Waals surface area contributed by atoms with Crippen molar-refractivity contribution < 1.29 is 27.1 Å². The SMILES string of the molecule is CC(C)N(Cc1ccc(F)c(-c2ccc(OC(F)(F)F)cc2)c1)C(=O)c1cn(C)cn1. The Hall–Kier alpha value is -3.36. The van der Waals surface area contributed by atoms with E-state index in [2.05, 4.69) is 9.72 Å². The van der Waals surface area contributed by atoms with Crippen molar-refractivity contribution in [2.75, 3.05) is 0 Å². The Morgan fingerprint density at radius 2 is 1.84 bits per heavy atom. The van der Waals surface area contributed by atoms with Gasteiger partial charge in [-0.05, 0) is 49.2 Å². The van der Waals surface area contributed by atoms with E-state index in [-0.39, 0.29) is 29.8 Å². The van der Waals surface area contributed by atoms with E-state index in [0.717, 1.165) is 12.1 Å². The maximum absolute atomic E-state index is 14.4. The van der Waals surface area contributed by atoms with Crippen LogP contribution in [0.2, 0.25) is 0 Å². The highest BCUT2D eigenvalue weighted by Crippen LogP contribution is 2.29. The van der Waals surface area contributed by atoms with Gasteiger partial charge in [0.25, 0.3) is 5.91 Å². The van der Waals surface area contributed by atoms with Crippen LogP contribution in [0.25, 0.3) is 11.1 Å². The minimum absolute atomic E-state index is 0.137. The van der Waals surface area contributed by atoms with Crippen LogP contribution in [0.3, 0.4) is 0 Å². The van der Waals surface area contributed by atoms with Gasteiger partial charge < -0.3 is 14.2 Å². The van der Waals surface area contributed by atoms with Crippen LogP contribution in [0, 0.1) is 5.82 Å². The number of halogens is 4. The van der Waals surface area contributed by atoms with Crippen molar-refractivity contribution in [2.24, 2.45) is 7.05 Å². The first-order valence-corrected chi connectivity index (χ1v) is 9.47. The predicted octanol–water partition coefficient (Wildman–Crippen LogP) is 5.18. The fourth-order valence-corrected chi connectivity index (χ4v) is 3.08. The number of imidazole rings is 1. The second kappa shape index (κ2) is 8.79. The summed E-state index contributed by atoms with van der Waals surface area (Å²) < 4.78 is 57.0. The number of carbonyl (C=O) groups is 1. The fourth-order valence-electron chi connectivity index (χ4n) is 3.08. The van der Waals surface area contributed by atoms with Gasteiger partial charge in [-0.1, -0.05) is 18.2 Å². The van der Waals surface area contributed by atoms with E-state index >= 15 is 0 Å². The second-order valence-corrected chi connectivity index (χ2v) is 7.34. The molecule has 0 bridgehead atoms. The zero-order chi connectivity index (χ0) is 22.8. The lowest BCUT2D eigenvalue weighted by Gasteiger charge is -2.26. The zero-order valence-electron chi connectivity index (χ0n) is 17.2. The third-order valence-corrected chi connectivity index (χ3v) is 4.59. The molecule has 0 spiro atoms. The lowest BCUT2D eigenvalue weighted by Crippen LogP contribution is -2.36. The maximum Gasteiger partial charge on any atom is 0.573 e. The first-order chi connectivity index (χ1) is 14.5. The van der Waals surface area contributed by atoms with Gasteiger partial charge in [-0.25, -0.2) is 9.37 Å². The van der Waals surface area contributed by atoms with Gasteiger partial charge in [0.05, 0.1) is 6.33 Å². The molecule has 1 heterocycles. The van der Waals surface area contributed by atoms with Gasteiger partial charge in [-0.15, -0.1) is 13.2 Å². The number of carbonyl (C=O) groups excluding carboxylic acids is 1. The fraction of sp³-hybridized carbons (Fsp3) is 0.273. The number of ether oxygens (including phenoxy) is 1. The highest BCUT2D eigenvalue weighted by Gasteiger charge is 2.31. The summed E-state index contributed by atoms with van der Waals surface area (Å²) in [7, 11) is 1.76. The van der Waals surface area contributed by atoms with E-state index in [9.17, 15) is 22.4 Å². The predicted molar refractivity (Wildman–Crippen MR) is 107 cm³/mol. The van der Waals surface area contributed by atoms with E-state index in [1.165, 1.54) is 24.5 Å². The molecule has 0 saturated carbocycles. The summed E-state index contributed by atoms with van der Waals surface area (Å²) in [6, 6.07) is 9.23. The number of hydrogen-bond donors (Lipinski definition) is 0. The molecule has 9 heteroatoms. The van der Waals surface area contributed by atoms with Crippen molar-refractivity contribution in [3.8, 4) is 16.9 Å². The highest BCUT2D eigenvalue weighted by atomic mass is 19.4. The van der Waals surface area contributed by atoms with Crippen molar-refractivity contribution >= 4 is 5.91 Å². The van der Waals surface area contributed by atoms with Gasteiger partial charge in [0, 0.05) is 31.4 Å². The molecule has 0 aliphatic rings. The molecular weight excluding hydrogens is 414 g/mol. The number of aryl methyl sites for hydroxylation is 1. The van der Waals surface area contributed by atoms with Crippen LogP contribution >= 0.6 is 0 Å². The Morgan fingerprint density at radius 3 is 2.39 bits per heavy atom. The molecular formula is C22H21F4N3O2. The van der Waals surface area contributed by atoms with E-state index in [1.807, 2.05) is 13.8 Å². The monoisotopic (exact) mass is 435 g/mol. The number of amides is 1. The normalized spacial score (nSPS) is 11.6. The van der Waals surface area contributed by atoms with Gasteiger partial charge in [-0.2, -0.15) is 0 Å². The van der Waals surface area contributed by atoms with Gasteiger partial charge >= 0.3 is 6.36 Å². The van der Waals surface area contributed by atoms with Crippen LogP contribution in [0.15, 0.2) is 55.0 Å². The average Bonchev–Trinajstić information content (AvgIpc) is 3.12. The minimum atomic E-state index is -4.80. The molecule has 0 unspecified atom stereocenters. The van der Waals surface area contributed by atoms with Crippen LogP contribution < -0.4 is 4.74 Å². The maximum atomic E-state index is 14.4. The molecule has 3 rings (SSSR count). The van der Waals surface area contributed by atoms with Crippen molar-refractivity contribution in [1.82, 2.24) is 14.5 Å².